The standard InChI is InChI=1S/C13H26N4/c1-11-9-15-12(16-11)14-6-8-17-7-4-5-13(2,3)10-17/h11H,4-10H2,1-3H3,(H2,14,15,16). The van der Waals surface area contributed by atoms with Gasteiger partial charge in [-0.05, 0) is 31.7 Å². The molecule has 0 aromatic carbocycles. The number of rotatable bonds is 3. The Bertz CT molecular complexity index is 285. The lowest BCUT2D eigenvalue weighted by Crippen LogP contribution is -2.45. The highest BCUT2D eigenvalue weighted by Crippen LogP contribution is 2.27. The second-order valence-corrected chi connectivity index (χ2v) is 6.21. The van der Waals surface area contributed by atoms with Gasteiger partial charge in [0.2, 0.25) is 0 Å². The van der Waals surface area contributed by atoms with E-state index in [1.165, 1.54) is 25.9 Å². The van der Waals surface area contributed by atoms with Crippen molar-refractivity contribution in [3.63, 3.8) is 0 Å². The van der Waals surface area contributed by atoms with Crippen LogP contribution in [0.15, 0.2) is 4.99 Å². The molecule has 4 heteroatoms. The molecule has 98 valence electrons. The van der Waals surface area contributed by atoms with E-state index in [0.29, 0.717) is 11.5 Å². The van der Waals surface area contributed by atoms with Crippen molar-refractivity contribution < 1.29 is 0 Å². The molecule has 1 saturated heterocycles. The third-order valence-electron chi connectivity index (χ3n) is 3.61. The van der Waals surface area contributed by atoms with Crippen molar-refractivity contribution in [1.82, 2.24) is 15.5 Å². The van der Waals surface area contributed by atoms with Crippen LogP contribution in [0.1, 0.15) is 33.6 Å². The lowest BCUT2D eigenvalue weighted by Gasteiger charge is -2.38. The van der Waals surface area contributed by atoms with Crippen LogP contribution >= 0.6 is 0 Å². The Balaban J connectivity index is 1.65. The molecule has 0 radical (unpaired) electrons. The minimum atomic E-state index is 0.492. The maximum absolute atomic E-state index is 4.40. The van der Waals surface area contributed by atoms with Crippen LogP contribution in [-0.2, 0) is 0 Å². The maximum atomic E-state index is 4.40. The third kappa shape index (κ3) is 3.87. The summed E-state index contributed by atoms with van der Waals surface area (Å²) in [7, 11) is 0. The lowest BCUT2D eigenvalue weighted by atomic mass is 9.84. The van der Waals surface area contributed by atoms with Crippen LogP contribution in [0.4, 0.5) is 0 Å². The zero-order chi connectivity index (χ0) is 12.3. The molecule has 1 fully saturated rings. The van der Waals surface area contributed by atoms with Crippen LogP contribution in [-0.4, -0.2) is 49.6 Å². The van der Waals surface area contributed by atoms with Gasteiger partial charge in [0.15, 0.2) is 5.96 Å². The van der Waals surface area contributed by atoms with E-state index in [2.05, 4.69) is 41.3 Å². The van der Waals surface area contributed by atoms with E-state index in [1.807, 2.05) is 0 Å². The molecule has 2 aliphatic heterocycles. The number of hydrogen-bond donors (Lipinski definition) is 2. The highest BCUT2D eigenvalue weighted by Gasteiger charge is 2.25. The van der Waals surface area contributed by atoms with Crippen LogP contribution in [0, 0.1) is 5.41 Å². The van der Waals surface area contributed by atoms with Gasteiger partial charge in [-0.2, -0.15) is 0 Å². The molecule has 0 bridgehead atoms. The first-order valence-corrected chi connectivity index (χ1v) is 6.82. The first-order chi connectivity index (χ1) is 8.05. The maximum Gasteiger partial charge on any atom is 0.191 e. The monoisotopic (exact) mass is 238 g/mol. The van der Waals surface area contributed by atoms with Crippen molar-refractivity contribution in [3.8, 4) is 0 Å². The van der Waals surface area contributed by atoms with Crippen molar-refractivity contribution in [2.45, 2.75) is 39.7 Å². The fourth-order valence-corrected chi connectivity index (χ4v) is 2.73. The van der Waals surface area contributed by atoms with Gasteiger partial charge in [-0.3, -0.25) is 4.99 Å². The van der Waals surface area contributed by atoms with Crippen LogP contribution < -0.4 is 10.6 Å². The van der Waals surface area contributed by atoms with E-state index in [-0.39, 0.29) is 0 Å². The number of hydrogen-bond acceptors (Lipinski definition) is 4. The van der Waals surface area contributed by atoms with Crippen LogP contribution in [0.2, 0.25) is 0 Å². The second-order valence-electron chi connectivity index (χ2n) is 6.21. The Hall–Kier alpha value is -0.770. The van der Waals surface area contributed by atoms with Crippen molar-refractivity contribution in [3.05, 3.63) is 0 Å². The number of aliphatic imine (C=N–C) groups is 1. The Kier molecular flexibility index (Phi) is 3.92. The number of likely N-dealkylation sites (tertiary alicyclic amines) is 1. The Labute approximate surface area is 105 Å². The Morgan fingerprint density at radius 2 is 2.35 bits per heavy atom. The van der Waals surface area contributed by atoms with E-state index >= 15 is 0 Å². The molecule has 2 N–H and O–H groups in total. The molecular weight excluding hydrogens is 212 g/mol. The average molecular weight is 238 g/mol. The predicted molar refractivity (Wildman–Crippen MR) is 72.4 cm³/mol. The second kappa shape index (κ2) is 5.25. The van der Waals surface area contributed by atoms with E-state index in [0.717, 1.165) is 25.6 Å². The minimum absolute atomic E-state index is 0.492. The minimum Gasteiger partial charge on any atom is -0.355 e. The molecule has 0 spiro atoms. The molecule has 0 saturated carbocycles. The lowest BCUT2D eigenvalue weighted by molar-refractivity contribution is 0.120. The summed E-state index contributed by atoms with van der Waals surface area (Å²) in [6.07, 6.45) is 2.70. The topological polar surface area (TPSA) is 39.7 Å². The molecule has 4 nitrogen and oxygen atoms in total. The molecule has 1 unspecified atom stereocenters. The number of guanidine groups is 1. The third-order valence-corrected chi connectivity index (χ3v) is 3.61. The largest absolute Gasteiger partial charge is 0.355 e. The fourth-order valence-electron chi connectivity index (χ4n) is 2.73. The molecule has 2 heterocycles. The van der Waals surface area contributed by atoms with E-state index in [4.69, 9.17) is 0 Å². The van der Waals surface area contributed by atoms with Crippen molar-refractivity contribution >= 4 is 5.96 Å². The number of nitrogens with one attached hydrogen (secondary N) is 2. The highest BCUT2D eigenvalue weighted by molar-refractivity contribution is 5.81. The molecule has 0 aromatic heterocycles. The summed E-state index contributed by atoms with van der Waals surface area (Å²) < 4.78 is 0. The first kappa shape index (κ1) is 12.7. The van der Waals surface area contributed by atoms with Gasteiger partial charge in [0.1, 0.15) is 0 Å². The summed E-state index contributed by atoms with van der Waals surface area (Å²) in [5.74, 6) is 0.980. The summed E-state index contributed by atoms with van der Waals surface area (Å²) in [5.41, 5.74) is 0.496. The summed E-state index contributed by atoms with van der Waals surface area (Å²) in [6.45, 7) is 12.4. The van der Waals surface area contributed by atoms with Gasteiger partial charge in [0.25, 0.3) is 0 Å². The fraction of sp³-hybridized carbons (Fsp3) is 0.923. The molecule has 0 amide bonds. The van der Waals surface area contributed by atoms with E-state index < -0.39 is 0 Å². The van der Waals surface area contributed by atoms with Crippen LogP contribution in [0.5, 0.6) is 0 Å². The Morgan fingerprint density at radius 3 is 3.00 bits per heavy atom. The average Bonchev–Trinajstić information content (AvgIpc) is 2.63. The van der Waals surface area contributed by atoms with E-state index in [9.17, 15) is 0 Å². The first-order valence-electron chi connectivity index (χ1n) is 6.82. The normalized spacial score (nSPS) is 28.6. The van der Waals surface area contributed by atoms with Gasteiger partial charge >= 0.3 is 0 Å². The molecule has 0 aromatic rings. The SMILES string of the molecule is CC1CN=C(NCCN2CCCC(C)(C)C2)N1. The smallest absolute Gasteiger partial charge is 0.191 e. The summed E-state index contributed by atoms with van der Waals surface area (Å²) in [4.78, 5) is 6.97. The van der Waals surface area contributed by atoms with Crippen molar-refractivity contribution in [1.29, 1.82) is 0 Å². The summed E-state index contributed by atoms with van der Waals surface area (Å²) in [5, 5.41) is 6.71. The highest BCUT2D eigenvalue weighted by atomic mass is 15.2. The molecule has 0 aliphatic carbocycles. The number of nitrogens with zero attached hydrogens (tertiary/aromatic N) is 2. The van der Waals surface area contributed by atoms with Crippen molar-refractivity contribution in [2.75, 3.05) is 32.7 Å². The van der Waals surface area contributed by atoms with Gasteiger partial charge < -0.3 is 15.5 Å². The molecular formula is C13H26N4. The molecule has 2 rings (SSSR count). The van der Waals surface area contributed by atoms with Gasteiger partial charge in [0, 0.05) is 25.7 Å². The van der Waals surface area contributed by atoms with E-state index in [1.54, 1.807) is 0 Å². The van der Waals surface area contributed by atoms with Gasteiger partial charge in [-0.15, -0.1) is 0 Å². The molecule has 17 heavy (non-hydrogen) atoms. The summed E-state index contributed by atoms with van der Waals surface area (Å²) >= 11 is 0. The van der Waals surface area contributed by atoms with Gasteiger partial charge in [0.05, 0.1) is 6.54 Å². The molecule has 1 atom stereocenters. The zero-order valence-electron chi connectivity index (χ0n) is 11.4. The summed E-state index contributed by atoms with van der Waals surface area (Å²) in [6, 6.07) is 0.492. The van der Waals surface area contributed by atoms with Crippen molar-refractivity contribution in [2.24, 2.45) is 10.4 Å². The Morgan fingerprint density at radius 1 is 1.53 bits per heavy atom. The number of piperidine rings is 1. The van der Waals surface area contributed by atoms with Gasteiger partial charge in [-0.1, -0.05) is 13.8 Å². The molecule has 2 aliphatic rings. The zero-order valence-corrected chi connectivity index (χ0v) is 11.4. The predicted octanol–water partition coefficient (Wildman–Crippen LogP) is 1.05. The van der Waals surface area contributed by atoms with Gasteiger partial charge in [-0.25, -0.2) is 0 Å². The van der Waals surface area contributed by atoms with Crippen LogP contribution in [0.25, 0.3) is 0 Å². The van der Waals surface area contributed by atoms with Crippen LogP contribution in [0.3, 0.4) is 0 Å². The quantitative estimate of drug-likeness (QED) is 0.772.